The molecule has 0 saturated heterocycles. The van der Waals surface area contributed by atoms with Gasteiger partial charge >= 0.3 is 5.97 Å². The van der Waals surface area contributed by atoms with Crippen molar-refractivity contribution in [2.24, 2.45) is 0 Å². The summed E-state index contributed by atoms with van der Waals surface area (Å²) in [6, 6.07) is 9.45. The Balaban J connectivity index is 2.22. The molecule has 0 bridgehead atoms. The average molecular weight is 291 g/mol. The second-order valence-electron chi connectivity index (χ2n) is 4.58. The van der Waals surface area contributed by atoms with Gasteiger partial charge in [-0.25, -0.2) is 9.78 Å². The SMILES string of the molecule is Cc1ccccc1C(C)Nc1ncc(C(=O)O)cc1Cl. The molecule has 0 amide bonds. The predicted molar refractivity (Wildman–Crippen MR) is 79.4 cm³/mol. The van der Waals surface area contributed by atoms with Gasteiger partial charge in [0, 0.05) is 6.20 Å². The summed E-state index contributed by atoms with van der Waals surface area (Å²) in [6.07, 6.45) is 1.29. The summed E-state index contributed by atoms with van der Waals surface area (Å²) in [7, 11) is 0. The number of aromatic carboxylic acids is 1. The lowest BCUT2D eigenvalue weighted by Crippen LogP contribution is -2.10. The van der Waals surface area contributed by atoms with Gasteiger partial charge in [-0.05, 0) is 31.0 Å². The van der Waals surface area contributed by atoms with E-state index in [1.54, 1.807) is 0 Å². The van der Waals surface area contributed by atoms with Crippen LogP contribution < -0.4 is 5.32 Å². The first kappa shape index (κ1) is 14.3. The number of rotatable bonds is 4. The van der Waals surface area contributed by atoms with Gasteiger partial charge in [-0.2, -0.15) is 0 Å². The Hall–Kier alpha value is -2.07. The number of anilines is 1. The van der Waals surface area contributed by atoms with Gasteiger partial charge in [-0.1, -0.05) is 35.9 Å². The van der Waals surface area contributed by atoms with Gasteiger partial charge in [-0.3, -0.25) is 0 Å². The second kappa shape index (κ2) is 5.92. The third-order valence-corrected chi connectivity index (χ3v) is 3.38. The monoisotopic (exact) mass is 290 g/mol. The molecule has 0 aliphatic rings. The van der Waals surface area contributed by atoms with Crippen LogP contribution in [-0.4, -0.2) is 16.1 Å². The van der Waals surface area contributed by atoms with Crippen LogP contribution in [0, 0.1) is 6.92 Å². The summed E-state index contributed by atoms with van der Waals surface area (Å²) in [4.78, 5) is 14.9. The molecule has 1 aromatic heterocycles. The molecule has 0 saturated carbocycles. The molecule has 1 unspecified atom stereocenters. The van der Waals surface area contributed by atoms with Crippen molar-refractivity contribution >= 4 is 23.4 Å². The number of benzene rings is 1. The lowest BCUT2D eigenvalue weighted by atomic mass is 10.0. The Morgan fingerprint density at radius 1 is 1.40 bits per heavy atom. The van der Waals surface area contributed by atoms with Gasteiger partial charge in [0.05, 0.1) is 16.6 Å². The number of hydrogen-bond acceptors (Lipinski definition) is 3. The number of hydrogen-bond donors (Lipinski definition) is 2. The molecule has 1 aromatic carbocycles. The number of halogens is 1. The standard InChI is InChI=1S/C15H15ClN2O2/c1-9-5-3-4-6-12(9)10(2)18-14-13(16)7-11(8-17-14)15(19)20/h3-8,10H,1-2H3,(H,17,18)(H,19,20). The van der Waals surface area contributed by atoms with Crippen LogP contribution >= 0.6 is 11.6 Å². The Kier molecular flexibility index (Phi) is 4.25. The van der Waals surface area contributed by atoms with E-state index in [9.17, 15) is 4.79 Å². The maximum atomic E-state index is 10.8. The van der Waals surface area contributed by atoms with Gasteiger partial charge in [0.15, 0.2) is 0 Å². The minimum atomic E-state index is -1.04. The first-order chi connectivity index (χ1) is 9.49. The zero-order chi connectivity index (χ0) is 14.7. The van der Waals surface area contributed by atoms with E-state index >= 15 is 0 Å². The zero-order valence-corrected chi connectivity index (χ0v) is 12.0. The number of pyridine rings is 1. The number of nitrogens with zero attached hydrogens (tertiary/aromatic N) is 1. The van der Waals surface area contributed by atoms with Crippen LogP contribution in [0.1, 0.15) is 34.5 Å². The minimum Gasteiger partial charge on any atom is -0.478 e. The van der Waals surface area contributed by atoms with Crippen molar-refractivity contribution in [1.82, 2.24) is 4.98 Å². The summed E-state index contributed by atoms with van der Waals surface area (Å²) in [6.45, 7) is 4.04. The molecular formula is C15H15ClN2O2. The quantitative estimate of drug-likeness (QED) is 0.896. The van der Waals surface area contributed by atoms with Crippen molar-refractivity contribution < 1.29 is 9.90 Å². The fourth-order valence-corrected chi connectivity index (χ4v) is 2.24. The largest absolute Gasteiger partial charge is 0.478 e. The van der Waals surface area contributed by atoms with E-state index in [1.165, 1.54) is 17.8 Å². The third kappa shape index (κ3) is 3.08. The van der Waals surface area contributed by atoms with E-state index in [1.807, 2.05) is 38.1 Å². The zero-order valence-electron chi connectivity index (χ0n) is 11.2. The summed E-state index contributed by atoms with van der Waals surface area (Å²) < 4.78 is 0. The molecule has 1 atom stereocenters. The Labute approximate surface area is 122 Å². The molecule has 0 radical (unpaired) electrons. The average Bonchev–Trinajstić information content (AvgIpc) is 2.41. The van der Waals surface area contributed by atoms with Gasteiger partial charge < -0.3 is 10.4 Å². The number of nitrogens with one attached hydrogen (secondary N) is 1. The highest BCUT2D eigenvalue weighted by molar-refractivity contribution is 6.33. The number of aromatic nitrogens is 1. The molecule has 0 spiro atoms. The molecule has 2 rings (SSSR count). The van der Waals surface area contributed by atoms with Crippen LogP contribution in [0.5, 0.6) is 0 Å². The Bertz CT molecular complexity index is 644. The maximum absolute atomic E-state index is 10.8. The van der Waals surface area contributed by atoms with Crippen LogP contribution in [0.25, 0.3) is 0 Å². The van der Waals surface area contributed by atoms with E-state index < -0.39 is 5.97 Å². The lowest BCUT2D eigenvalue weighted by Gasteiger charge is -2.18. The van der Waals surface area contributed by atoms with Crippen molar-refractivity contribution in [3.63, 3.8) is 0 Å². The van der Waals surface area contributed by atoms with Crippen molar-refractivity contribution in [2.45, 2.75) is 19.9 Å². The van der Waals surface area contributed by atoms with Gasteiger partial charge in [0.2, 0.25) is 0 Å². The molecule has 104 valence electrons. The van der Waals surface area contributed by atoms with Crippen LogP contribution in [0.15, 0.2) is 36.5 Å². The highest BCUT2D eigenvalue weighted by Gasteiger charge is 2.12. The maximum Gasteiger partial charge on any atom is 0.337 e. The first-order valence-corrected chi connectivity index (χ1v) is 6.57. The number of aryl methyl sites for hydroxylation is 1. The highest BCUT2D eigenvalue weighted by Crippen LogP contribution is 2.26. The van der Waals surface area contributed by atoms with Crippen molar-refractivity contribution in [2.75, 3.05) is 5.32 Å². The van der Waals surface area contributed by atoms with E-state index in [4.69, 9.17) is 16.7 Å². The molecular weight excluding hydrogens is 276 g/mol. The van der Waals surface area contributed by atoms with Gasteiger partial charge in [0.1, 0.15) is 5.82 Å². The summed E-state index contributed by atoms with van der Waals surface area (Å²) in [5.74, 6) is -0.565. The number of carboxylic acids is 1. The second-order valence-corrected chi connectivity index (χ2v) is 4.99. The predicted octanol–water partition coefficient (Wildman–Crippen LogP) is 3.91. The molecule has 0 fully saturated rings. The van der Waals surface area contributed by atoms with Gasteiger partial charge in [-0.15, -0.1) is 0 Å². The normalized spacial score (nSPS) is 11.9. The molecule has 20 heavy (non-hydrogen) atoms. The summed E-state index contributed by atoms with van der Waals surface area (Å²) in [5, 5.41) is 12.4. The molecule has 4 nitrogen and oxygen atoms in total. The number of carboxylic acid groups (broad SMARTS) is 1. The first-order valence-electron chi connectivity index (χ1n) is 6.20. The molecule has 0 aliphatic carbocycles. The smallest absolute Gasteiger partial charge is 0.337 e. The molecule has 5 heteroatoms. The van der Waals surface area contributed by atoms with Crippen LogP contribution in [0.4, 0.5) is 5.82 Å². The highest BCUT2D eigenvalue weighted by atomic mass is 35.5. The van der Waals surface area contributed by atoms with Crippen LogP contribution in [0.3, 0.4) is 0 Å². The van der Waals surface area contributed by atoms with Gasteiger partial charge in [0.25, 0.3) is 0 Å². The van der Waals surface area contributed by atoms with Crippen LogP contribution in [0.2, 0.25) is 5.02 Å². The molecule has 1 heterocycles. The lowest BCUT2D eigenvalue weighted by molar-refractivity contribution is 0.0696. The number of carbonyl (C=O) groups is 1. The molecule has 2 N–H and O–H groups in total. The van der Waals surface area contributed by atoms with Crippen molar-refractivity contribution in [3.8, 4) is 0 Å². The van der Waals surface area contributed by atoms with Crippen molar-refractivity contribution in [3.05, 3.63) is 58.2 Å². The van der Waals surface area contributed by atoms with Crippen molar-refractivity contribution in [1.29, 1.82) is 0 Å². The van der Waals surface area contributed by atoms with E-state index in [0.717, 1.165) is 5.56 Å². The van der Waals surface area contributed by atoms with E-state index in [0.29, 0.717) is 10.8 Å². The van der Waals surface area contributed by atoms with E-state index in [-0.39, 0.29) is 11.6 Å². The molecule has 2 aromatic rings. The third-order valence-electron chi connectivity index (χ3n) is 3.10. The summed E-state index contributed by atoms with van der Waals surface area (Å²) in [5.41, 5.74) is 2.39. The Morgan fingerprint density at radius 3 is 2.70 bits per heavy atom. The molecule has 0 aliphatic heterocycles. The van der Waals surface area contributed by atoms with E-state index in [2.05, 4.69) is 10.3 Å². The van der Waals surface area contributed by atoms with Crippen LogP contribution in [-0.2, 0) is 0 Å². The fourth-order valence-electron chi connectivity index (χ4n) is 2.02. The fraction of sp³-hybridized carbons (Fsp3) is 0.200. The topological polar surface area (TPSA) is 62.2 Å². The Morgan fingerprint density at radius 2 is 2.10 bits per heavy atom. The minimum absolute atomic E-state index is 0.0249. The summed E-state index contributed by atoms with van der Waals surface area (Å²) >= 11 is 6.06.